The highest BCUT2D eigenvalue weighted by atomic mass is 19.1. The van der Waals surface area contributed by atoms with Crippen LogP contribution in [-0.2, 0) is 11.3 Å². The Kier molecular flexibility index (Phi) is 4.76. The van der Waals surface area contributed by atoms with Crippen molar-refractivity contribution in [2.45, 2.75) is 20.4 Å². The lowest BCUT2D eigenvalue weighted by molar-refractivity contribution is 0.0599. The zero-order chi connectivity index (χ0) is 19.7. The Morgan fingerprint density at radius 1 is 1.26 bits per heavy atom. The first-order chi connectivity index (χ1) is 12.8. The number of benzene rings is 1. The van der Waals surface area contributed by atoms with Crippen LogP contribution in [0.3, 0.4) is 0 Å². The molecule has 0 unspecified atom stereocenters. The van der Waals surface area contributed by atoms with Gasteiger partial charge in [0.1, 0.15) is 12.4 Å². The van der Waals surface area contributed by atoms with E-state index in [1.807, 2.05) is 0 Å². The van der Waals surface area contributed by atoms with Gasteiger partial charge in [0.25, 0.3) is 0 Å². The summed E-state index contributed by atoms with van der Waals surface area (Å²) in [5.74, 6) is -2.29. The molecule has 0 atom stereocenters. The number of H-pyrrole nitrogens is 1. The smallest absolute Gasteiger partial charge is 0.437 e. The molecule has 0 amide bonds. The molecular formula is C18H16FN3O5. The number of nitrogens with one attached hydrogen (secondary N) is 1. The van der Waals surface area contributed by atoms with E-state index in [1.165, 1.54) is 31.4 Å². The quantitative estimate of drug-likeness (QED) is 0.543. The topological polar surface area (TPSA) is 107 Å². The Bertz CT molecular complexity index is 1080. The largest absolute Gasteiger partial charge is 0.465 e. The molecule has 0 aliphatic rings. The van der Waals surface area contributed by atoms with Gasteiger partial charge in [-0.05, 0) is 43.7 Å². The molecule has 0 aliphatic carbocycles. The fourth-order valence-corrected chi connectivity index (χ4v) is 2.77. The van der Waals surface area contributed by atoms with Crippen LogP contribution in [0.1, 0.15) is 32.1 Å². The Morgan fingerprint density at radius 3 is 2.56 bits per heavy atom. The summed E-state index contributed by atoms with van der Waals surface area (Å²) in [6.45, 7) is 2.87. The molecule has 0 aliphatic heterocycles. The third-order valence-corrected chi connectivity index (χ3v) is 4.10. The number of hydrogen-bond acceptors (Lipinski definition) is 6. The predicted octanol–water partition coefficient (Wildman–Crippen LogP) is 2.26. The van der Waals surface area contributed by atoms with E-state index in [4.69, 9.17) is 9.15 Å². The fraction of sp³-hybridized carbons (Fsp3) is 0.222. The van der Waals surface area contributed by atoms with E-state index >= 15 is 0 Å². The molecule has 3 rings (SSSR count). The molecule has 3 aromatic rings. The van der Waals surface area contributed by atoms with Crippen molar-refractivity contribution in [1.29, 1.82) is 0 Å². The molecule has 8 nitrogen and oxygen atoms in total. The zero-order valence-corrected chi connectivity index (χ0v) is 14.8. The normalized spacial score (nSPS) is 10.8. The van der Waals surface area contributed by atoms with Gasteiger partial charge in [-0.25, -0.2) is 14.0 Å². The number of aromatic amines is 1. The Morgan fingerprint density at radius 2 is 1.93 bits per heavy atom. The van der Waals surface area contributed by atoms with E-state index in [2.05, 4.69) is 10.1 Å². The average Bonchev–Trinajstić information content (AvgIpc) is 3.14. The highest BCUT2D eigenvalue weighted by molar-refractivity contribution is 6.01. The molecule has 0 saturated heterocycles. The van der Waals surface area contributed by atoms with Gasteiger partial charge in [0, 0.05) is 11.3 Å². The van der Waals surface area contributed by atoms with Gasteiger partial charge in [0.05, 0.1) is 18.4 Å². The summed E-state index contributed by atoms with van der Waals surface area (Å²) in [5.41, 5.74) is 1.79. The van der Waals surface area contributed by atoms with Gasteiger partial charge >= 0.3 is 11.7 Å². The van der Waals surface area contributed by atoms with Gasteiger partial charge in [-0.1, -0.05) is 0 Å². The van der Waals surface area contributed by atoms with Crippen LogP contribution in [0.2, 0.25) is 0 Å². The number of ether oxygens (including phenoxy) is 1. The van der Waals surface area contributed by atoms with E-state index < -0.39 is 23.3 Å². The number of aryl methyl sites for hydroxylation is 1. The minimum Gasteiger partial charge on any atom is -0.465 e. The van der Waals surface area contributed by atoms with Gasteiger partial charge < -0.3 is 14.1 Å². The second-order valence-electron chi connectivity index (χ2n) is 5.88. The van der Waals surface area contributed by atoms with Crippen molar-refractivity contribution < 1.29 is 23.1 Å². The molecule has 27 heavy (non-hydrogen) atoms. The predicted molar refractivity (Wildman–Crippen MR) is 92.1 cm³/mol. The summed E-state index contributed by atoms with van der Waals surface area (Å²) >= 11 is 0. The molecule has 0 bridgehead atoms. The molecule has 0 saturated carbocycles. The summed E-state index contributed by atoms with van der Waals surface area (Å²) < 4.78 is 23.6. The maximum Gasteiger partial charge on any atom is 0.437 e. The third kappa shape index (κ3) is 3.43. The summed E-state index contributed by atoms with van der Waals surface area (Å²) in [5, 5.41) is 3.97. The molecule has 1 N–H and O–H groups in total. The molecule has 0 radical (unpaired) electrons. The number of carbonyl (C=O) groups excluding carboxylic acids is 2. The number of ketones is 1. The SMILES string of the molecule is COC(=O)c1c(C)[nH]c(C(=O)Cn2nc(-c3ccc(F)cc3)oc2=O)c1C. The van der Waals surface area contributed by atoms with Crippen LogP contribution in [0, 0.1) is 19.7 Å². The maximum atomic E-state index is 13.0. The summed E-state index contributed by atoms with van der Waals surface area (Å²) in [6, 6.07) is 5.24. The highest BCUT2D eigenvalue weighted by Gasteiger charge is 2.23. The van der Waals surface area contributed by atoms with Crippen molar-refractivity contribution in [3.63, 3.8) is 0 Å². The highest BCUT2D eigenvalue weighted by Crippen LogP contribution is 2.20. The van der Waals surface area contributed by atoms with Crippen LogP contribution in [0.4, 0.5) is 4.39 Å². The number of aromatic nitrogens is 3. The van der Waals surface area contributed by atoms with Gasteiger partial charge in [-0.3, -0.25) is 4.79 Å². The molecule has 9 heteroatoms. The molecule has 140 valence electrons. The Labute approximate surface area is 152 Å². The zero-order valence-electron chi connectivity index (χ0n) is 14.8. The first-order valence-electron chi connectivity index (χ1n) is 7.96. The molecule has 0 fully saturated rings. The minimum absolute atomic E-state index is 0.0255. The number of Topliss-reactive ketones (excluding diaryl/α,β-unsaturated/α-hetero) is 1. The van der Waals surface area contributed by atoms with Crippen molar-refractivity contribution in [2.75, 3.05) is 7.11 Å². The van der Waals surface area contributed by atoms with E-state index in [9.17, 15) is 18.8 Å². The van der Waals surface area contributed by atoms with E-state index in [0.717, 1.165) is 4.68 Å². The minimum atomic E-state index is -0.822. The molecule has 2 heterocycles. The number of esters is 1. The number of carbonyl (C=O) groups is 2. The lowest BCUT2D eigenvalue weighted by Crippen LogP contribution is -2.22. The first kappa shape index (κ1) is 18.3. The van der Waals surface area contributed by atoms with Crippen LogP contribution in [0.15, 0.2) is 33.5 Å². The number of methoxy groups -OCH3 is 1. The van der Waals surface area contributed by atoms with Crippen LogP contribution in [0.5, 0.6) is 0 Å². The van der Waals surface area contributed by atoms with Gasteiger partial charge in [0.15, 0.2) is 0 Å². The van der Waals surface area contributed by atoms with Crippen molar-refractivity contribution in [3.8, 4) is 11.5 Å². The second kappa shape index (κ2) is 7.02. The maximum absolute atomic E-state index is 13.0. The van der Waals surface area contributed by atoms with Crippen LogP contribution in [-0.4, -0.2) is 33.6 Å². The van der Waals surface area contributed by atoms with E-state index in [0.29, 0.717) is 16.8 Å². The molecular weight excluding hydrogens is 357 g/mol. The summed E-state index contributed by atoms with van der Waals surface area (Å²) in [7, 11) is 1.25. The number of nitrogens with zero attached hydrogens (tertiary/aromatic N) is 2. The summed E-state index contributed by atoms with van der Waals surface area (Å²) in [6.07, 6.45) is 0. The van der Waals surface area contributed by atoms with Crippen LogP contribution < -0.4 is 5.76 Å². The van der Waals surface area contributed by atoms with Gasteiger partial charge in [0.2, 0.25) is 11.7 Å². The second-order valence-corrected chi connectivity index (χ2v) is 5.88. The van der Waals surface area contributed by atoms with Crippen molar-refractivity contribution >= 4 is 11.8 Å². The summed E-state index contributed by atoms with van der Waals surface area (Å²) in [4.78, 5) is 39.2. The number of halogens is 1. The van der Waals surface area contributed by atoms with Gasteiger partial charge in [-0.15, -0.1) is 5.10 Å². The average molecular weight is 373 g/mol. The molecule has 2 aromatic heterocycles. The monoisotopic (exact) mass is 373 g/mol. The first-order valence-corrected chi connectivity index (χ1v) is 7.96. The number of rotatable bonds is 5. The van der Waals surface area contributed by atoms with Crippen LogP contribution >= 0.6 is 0 Å². The third-order valence-electron chi connectivity index (χ3n) is 4.10. The van der Waals surface area contributed by atoms with Crippen molar-refractivity contribution in [1.82, 2.24) is 14.8 Å². The fourth-order valence-electron chi connectivity index (χ4n) is 2.77. The van der Waals surface area contributed by atoms with Gasteiger partial charge in [-0.2, -0.15) is 4.68 Å². The van der Waals surface area contributed by atoms with Crippen molar-refractivity contribution in [2.24, 2.45) is 0 Å². The number of hydrogen-bond donors (Lipinski definition) is 1. The molecule has 0 spiro atoms. The van der Waals surface area contributed by atoms with E-state index in [-0.39, 0.29) is 23.7 Å². The van der Waals surface area contributed by atoms with E-state index in [1.54, 1.807) is 13.8 Å². The Balaban J connectivity index is 1.88. The molecule has 1 aromatic carbocycles. The van der Waals surface area contributed by atoms with Crippen LogP contribution in [0.25, 0.3) is 11.5 Å². The van der Waals surface area contributed by atoms with Crippen molar-refractivity contribution in [3.05, 3.63) is 63.1 Å². The standard InChI is InChI=1S/C18H16FN3O5/c1-9-14(17(24)26-3)10(2)20-15(9)13(23)8-22-18(25)27-16(21-22)11-4-6-12(19)7-5-11/h4-7,20H,8H2,1-3H3. The lowest BCUT2D eigenvalue weighted by Gasteiger charge is -2.01. The lowest BCUT2D eigenvalue weighted by atomic mass is 10.1. The Hall–Kier alpha value is -3.49.